The lowest BCUT2D eigenvalue weighted by Crippen LogP contribution is -2.13. The topological polar surface area (TPSA) is 85.1 Å². The number of nitrogens with one attached hydrogen (secondary N) is 1. The maximum absolute atomic E-state index is 12.0. The molecule has 9 heteroatoms. The molecule has 96 valence electrons. The van der Waals surface area contributed by atoms with Gasteiger partial charge in [0.1, 0.15) is 0 Å². The van der Waals surface area contributed by atoms with Crippen LogP contribution in [0, 0.1) is 0 Å². The Labute approximate surface area is 125 Å². The Balaban J connectivity index is 2.33. The molecule has 0 radical (unpaired) electrons. The van der Waals surface area contributed by atoms with E-state index in [1.807, 2.05) is 0 Å². The highest BCUT2D eigenvalue weighted by Crippen LogP contribution is 2.27. The van der Waals surface area contributed by atoms with Gasteiger partial charge in [-0.25, -0.2) is 13.4 Å². The first-order valence-corrected chi connectivity index (χ1v) is 8.46. The number of rotatable bonds is 3. The van der Waals surface area contributed by atoms with Crippen LogP contribution in [0.3, 0.4) is 0 Å². The molecule has 0 fully saturated rings. The van der Waals surface area contributed by atoms with Crippen molar-refractivity contribution < 1.29 is 8.42 Å². The lowest BCUT2D eigenvalue weighted by atomic mass is 10.3. The molecule has 2 rings (SSSR count). The molecule has 0 saturated heterocycles. The van der Waals surface area contributed by atoms with E-state index in [0.29, 0.717) is 15.3 Å². The molecule has 0 aliphatic rings. The molecular formula is C9H7Br2N3O2S2. The van der Waals surface area contributed by atoms with Crippen molar-refractivity contribution >= 4 is 64.0 Å². The number of benzene rings is 1. The van der Waals surface area contributed by atoms with Gasteiger partial charge in [0.25, 0.3) is 10.0 Å². The Morgan fingerprint density at radius 1 is 1.33 bits per heavy atom. The van der Waals surface area contributed by atoms with E-state index < -0.39 is 10.0 Å². The number of anilines is 2. The van der Waals surface area contributed by atoms with E-state index in [2.05, 4.69) is 41.6 Å². The summed E-state index contributed by atoms with van der Waals surface area (Å²) < 4.78 is 27.9. The number of sulfonamides is 1. The van der Waals surface area contributed by atoms with Gasteiger partial charge in [0.2, 0.25) is 0 Å². The Hall–Kier alpha value is -0.640. The molecule has 5 nitrogen and oxygen atoms in total. The Kier molecular flexibility index (Phi) is 3.95. The molecule has 1 heterocycles. The van der Waals surface area contributed by atoms with Crippen LogP contribution < -0.4 is 10.5 Å². The molecule has 1 aromatic carbocycles. The van der Waals surface area contributed by atoms with Gasteiger partial charge in [-0.05, 0) is 50.1 Å². The number of nitrogens with zero attached hydrogens (tertiary/aromatic N) is 1. The average Bonchev–Trinajstić information content (AvgIpc) is 2.67. The fraction of sp³-hybridized carbons (Fsp3) is 0. The first kappa shape index (κ1) is 13.8. The average molecular weight is 413 g/mol. The second-order valence-electron chi connectivity index (χ2n) is 3.26. The van der Waals surface area contributed by atoms with Crippen LogP contribution in [0.1, 0.15) is 0 Å². The number of thiazole rings is 1. The normalized spacial score (nSPS) is 11.4. The lowest BCUT2D eigenvalue weighted by molar-refractivity contribution is 0.601. The summed E-state index contributed by atoms with van der Waals surface area (Å²) in [5.74, 6) is 0. The third kappa shape index (κ3) is 3.02. The van der Waals surface area contributed by atoms with Crippen LogP contribution in [0.25, 0.3) is 0 Å². The summed E-state index contributed by atoms with van der Waals surface area (Å²) in [6.07, 6.45) is 1.53. The van der Waals surface area contributed by atoms with Crippen molar-refractivity contribution in [3.05, 3.63) is 32.7 Å². The standard InChI is InChI=1S/C9H7Br2N3O2S2/c10-6-2-1-5(3-7(6)12)18(15,16)14-9-13-4-8(11)17-9/h1-4H,12H2,(H,13,14). The molecule has 18 heavy (non-hydrogen) atoms. The van der Waals surface area contributed by atoms with Crippen LogP contribution >= 0.6 is 43.2 Å². The van der Waals surface area contributed by atoms with E-state index in [-0.39, 0.29) is 4.90 Å². The van der Waals surface area contributed by atoms with Crippen molar-refractivity contribution in [2.75, 3.05) is 10.5 Å². The Bertz CT molecular complexity index is 685. The van der Waals surface area contributed by atoms with E-state index in [1.54, 1.807) is 6.07 Å². The minimum atomic E-state index is -3.66. The lowest BCUT2D eigenvalue weighted by Gasteiger charge is -2.06. The molecule has 1 aromatic heterocycles. The number of nitrogens with two attached hydrogens (primary N) is 1. The van der Waals surface area contributed by atoms with Crippen molar-refractivity contribution in [2.24, 2.45) is 0 Å². The molecule has 0 bridgehead atoms. The highest BCUT2D eigenvalue weighted by Gasteiger charge is 2.16. The van der Waals surface area contributed by atoms with Crippen molar-refractivity contribution in [1.82, 2.24) is 4.98 Å². The van der Waals surface area contributed by atoms with Gasteiger partial charge in [0, 0.05) is 10.2 Å². The second-order valence-corrected chi connectivity index (χ2v) is 8.20. The third-order valence-corrected chi connectivity index (χ3v) is 5.56. The number of hydrogen-bond donors (Lipinski definition) is 2. The third-order valence-electron chi connectivity index (χ3n) is 1.98. The predicted octanol–water partition coefficient (Wildman–Crippen LogP) is 3.05. The summed E-state index contributed by atoms with van der Waals surface area (Å²) in [5.41, 5.74) is 6.01. The molecular weight excluding hydrogens is 406 g/mol. The van der Waals surface area contributed by atoms with Gasteiger partial charge < -0.3 is 5.73 Å². The van der Waals surface area contributed by atoms with Crippen molar-refractivity contribution in [1.29, 1.82) is 0 Å². The molecule has 0 unspecified atom stereocenters. The number of nitrogen functional groups attached to an aromatic ring is 1. The van der Waals surface area contributed by atoms with Crippen LogP contribution in [-0.2, 0) is 10.0 Å². The first-order chi connectivity index (χ1) is 8.38. The van der Waals surface area contributed by atoms with Gasteiger partial charge in [-0.3, -0.25) is 4.72 Å². The summed E-state index contributed by atoms with van der Waals surface area (Å²) >= 11 is 7.61. The summed E-state index contributed by atoms with van der Waals surface area (Å²) in [7, 11) is -3.66. The van der Waals surface area contributed by atoms with Crippen molar-refractivity contribution in [3.8, 4) is 0 Å². The SMILES string of the molecule is Nc1cc(S(=O)(=O)Nc2ncc(Br)s2)ccc1Br. The van der Waals surface area contributed by atoms with Crippen molar-refractivity contribution in [3.63, 3.8) is 0 Å². The zero-order valence-electron chi connectivity index (χ0n) is 8.72. The van der Waals surface area contributed by atoms with Crippen LogP contribution in [0.15, 0.2) is 37.6 Å². The van der Waals surface area contributed by atoms with Gasteiger partial charge in [-0.15, -0.1) is 0 Å². The van der Waals surface area contributed by atoms with E-state index in [1.165, 1.54) is 29.7 Å². The minimum Gasteiger partial charge on any atom is -0.398 e. The molecule has 2 aromatic rings. The predicted molar refractivity (Wildman–Crippen MR) is 79.2 cm³/mol. The largest absolute Gasteiger partial charge is 0.398 e. The van der Waals surface area contributed by atoms with Gasteiger partial charge in [0.15, 0.2) is 5.13 Å². The first-order valence-electron chi connectivity index (χ1n) is 4.57. The molecule has 0 aliphatic carbocycles. The molecule has 0 atom stereocenters. The van der Waals surface area contributed by atoms with Gasteiger partial charge in [-0.2, -0.15) is 0 Å². The zero-order chi connectivity index (χ0) is 13.3. The fourth-order valence-electron chi connectivity index (χ4n) is 1.16. The van der Waals surface area contributed by atoms with Crippen LogP contribution in [0.2, 0.25) is 0 Å². The second kappa shape index (κ2) is 5.16. The zero-order valence-corrected chi connectivity index (χ0v) is 13.5. The minimum absolute atomic E-state index is 0.0922. The van der Waals surface area contributed by atoms with Crippen molar-refractivity contribution in [2.45, 2.75) is 4.90 Å². The van der Waals surface area contributed by atoms with E-state index in [9.17, 15) is 8.42 Å². The molecule has 0 aliphatic heterocycles. The monoisotopic (exact) mass is 411 g/mol. The van der Waals surface area contributed by atoms with E-state index >= 15 is 0 Å². The smallest absolute Gasteiger partial charge is 0.263 e. The van der Waals surface area contributed by atoms with Crippen LogP contribution in [0.5, 0.6) is 0 Å². The van der Waals surface area contributed by atoms with Crippen LogP contribution in [0.4, 0.5) is 10.8 Å². The summed E-state index contributed by atoms with van der Waals surface area (Å²) in [4.78, 5) is 4.00. The number of halogens is 2. The van der Waals surface area contributed by atoms with Gasteiger partial charge in [0.05, 0.1) is 14.9 Å². The molecule has 0 amide bonds. The van der Waals surface area contributed by atoms with Gasteiger partial charge in [-0.1, -0.05) is 11.3 Å². The van der Waals surface area contributed by atoms with E-state index in [4.69, 9.17) is 5.73 Å². The summed E-state index contributed by atoms with van der Waals surface area (Å²) in [6.45, 7) is 0. The fourth-order valence-corrected chi connectivity index (χ4v) is 3.79. The summed E-state index contributed by atoms with van der Waals surface area (Å²) in [6, 6.07) is 4.43. The van der Waals surface area contributed by atoms with Gasteiger partial charge >= 0.3 is 0 Å². The maximum Gasteiger partial charge on any atom is 0.263 e. The quantitative estimate of drug-likeness (QED) is 0.758. The highest BCUT2D eigenvalue weighted by molar-refractivity contribution is 9.11. The highest BCUT2D eigenvalue weighted by atomic mass is 79.9. The molecule has 0 saturated carbocycles. The molecule has 3 N–H and O–H groups in total. The number of hydrogen-bond acceptors (Lipinski definition) is 5. The Morgan fingerprint density at radius 3 is 2.61 bits per heavy atom. The number of aromatic nitrogens is 1. The Morgan fingerprint density at radius 2 is 2.06 bits per heavy atom. The van der Waals surface area contributed by atoms with E-state index in [0.717, 1.165) is 3.79 Å². The van der Waals surface area contributed by atoms with Crippen LogP contribution in [-0.4, -0.2) is 13.4 Å². The summed E-state index contributed by atoms with van der Waals surface area (Å²) in [5, 5.41) is 0.295. The maximum atomic E-state index is 12.0. The molecule has 0 spiro atoms.